The quantitative estimate of drug-likeness (QED) is 0.141. The zero-order chi connectivity index (χ0) is 37.4. The van der Waals surface area contributed by atoms with Gasteiger partial charge in [0, 0.05) is 26.6 Å². The fourth-order valence-electron chi connectivity index (χ4n) is 8.30. The summed E-state index contributed by atoms with van der Waals surface area (Å²) < 4.78 is 0. The van der Waals surface area contributed by atoms with Crippen LogP contribution in [0.5, 0.6) is 5.75 Å². The van der Waals surface area contributed by atoms with Crippen LogP contribution < -0.4 is 0 Å². The molecule has 0 amide bonds. The molecular formula is C50H42N3OPt-. The number of rotatable bonds is 4. The molecule has 2 aromatic heterocycles. The Kier molecular flexibility index (Phi) is 8.90. The van der Waals surface area contributed by atoms with Crippen LogP contribution in [0.2, 0.25) is 0 Å². The molecule has 0 fully saturated rings. The van der Waals surface area contributed by atoms with Crippen LogP contribution in [0.1, 0.15) is 75.1 Å². The third kappa shape index (κ3) is 5.90. The van der Waals surface area contributed by atoms with Gasteiger partial charge in [-0.05, 0) is 96.4 Å². The molecule has 1 aliphatic carbocycles. The van der Waals surface area contributed by atoms with Crippen LogP contribution in [0.4, 0.5) is 0 Å². The molecule has 55 heavy (non-hydrogen) atoms. The number of fused-ring (bicyclic) bond motifs is 6. The Labute approximate surface area is 337 Å². The van der Waals surface area contributed by atoms with Gasteiger partial charge in [-0.25, -0.2) is 4.98 Å². The van der Waals surface area contributed by atoms with Crippen molar-refractivity contribution in [1.29, 1.82) is 0 Å². The number of aromatic nitrogens is 3. The molecule has 2 heterocycles. The number of para-hydroxylation sites is 1. The van der Waals surface area contributed by atoms with E-state index in [-0.39, 0.29) is 37.6 Å². The molecule has 0 saturated heterocycles. The summed E-state index contributed by atoms with van der Waals surface area (Å²) in [5, 5.41) is 14.3. The van der Waals surface area contributed by atoms with Gasteiger partial charge in [-0.3, -0.25) is 9.97 Å². The molecule has 0 saturated carbocycles. The fraction of sp³-hybridized carbons (Fsp3) is 0.180. The molecule has 0 radical (unpaired) electrons. The maximum atomic E-state index is 11.0. The minimum absolute atomic E-state index is 0. The summed E-state index contributed by atoms with van der Waals surface area (Å²) in [5.74, 6) is 0.199. The van der Waals surface area contributed by atoms with Gasteiger partial charge in [0.2, 0.25) is 0 Å². The average Bonchev–Trinajstić information content (AvgIpc) is 3.47. The van der Waals surface area contributed by atoms with Crippen molar-refractivity contribution in [2.24, 2.45) is 0 Å². The van der Waals surface area contributed by atoms with Gasteiger partial charge in [-0.15, -0.1) is 35.4 Å². The van der Waals surface area contributed by atoms with Crippen molar-refractivity contribution in [2.45, 2.75) is 57.8 Å². The van der Waals surface area contributed by atoms with Crippen LogP contribution >= 0.6 is 0 Å². The molecule has 0 spiro atoms. The maximum absolute atomic E-state index is 11.0. The SMILES string of the molecule is CC(C)(C)c1ccc2c(c1)C(c1[c-]c(-c3ncnc4ccc5ccccc5c34)ccc1)(c1cccc(-c3ccccc3O)n1)c1cc(C(C)(C)C)ccc1-2.[Pt]. The molecule has 0 atom stereocenters. The van der Waals surface area contributed by atoms with Gasteiger partial charge >= 0.3 is 0 Å². The van der Waals surface area contributed by atoms with E-state index in [0.717, 1.165) is 44.2 Å². The van der Waals surface area contributed by atoms with E-state index in [9.17, 15) is 5.11 Å². The number of aromatic hydroxyl groups is 1. The largest absolute Gasteiger partial charge is 0.507 e. The summed E-state index contributed by atoms with van der Waals surface area (Å²) in [6.45, 7) is 13.6. The van der Waals surface area contributed by atoms with Crippen molar-refractivity contribution in [1.82, 2.24) is 15.0 Å². The molecule has 4 nitrogen and oxygen atoms in total. The molecule has 0 bridgehead atoms. The van der Waals surface area contributed by atoms with Crippen LogP contribution in [-0.2, 0) is 37.3 Å². The molecule has 1 aliphatic rings. The predicted octanol–water partition coefficient (Wildman–Crippen LogP) is 12.0. The van der Waals surface area contributed by atoms with Gasteiger partial charge < -0.3 is 5.11 Å². The average molecular weight is 896 g/mol. The van der Waals surface area contributed by atoms with E-state index in [1.54, 1.807) is 12.4 Å². The Morgan fingerprint density at radius 3 is 1.95 bits per heavy atom. The minimum Gasteiger partial charge on any atom is -0.507 e. The predicted molar refractivity (Wildman–Crippen MR) is 221 cm³/mol. The van der Waals surface area contributed by atoms with Crippen LogP contribution in [0.15, 0.2) is 140 Å². The Morgan fingerprint density at radius 1 is 0.600 bits per heavy atom. The summed E-state index contributed by atoms with van der Waals surface area (Å²) in [6, 6.07) is 50.6. The Balaban J connectivity index is 0.00000427. The Hall–Kier alpha value is -5.44. The summed E-state index contributed by atoms with van der Waals surface area (Å²) in [5.41, 5.74) is 12.0. The monoisotopic (exact) mass is 895 g/mol. The van der Waals surface area contributed by atoms with Gasteiger partial charge in [0.05, 0.1) is 22.3 Å². The molecular weight excluding hydrogens is 854 g/mol. The van der Waals surface area contributed by atoms with Gasteiger partial charge in [0.15, 0.2) is 0 Å². The number of hydrogen-bond acceptors (Lipinski definition) is 4. The normalized spacial score (nSPS) is 13.3. The molecule has 5 heteroatoms. The van der Waals surface area contributed by atoms with Crippen molar-refractivity contribution in [3.63, 3.8) is 0 Å². The Bertz CT molecular complexity index is 2710. The number of pyridine rings is 1. The van der Waals surface area contributed by atoms with E-state index < -0.39 is 5.41 Å². The number of benzene rings is 6. The number of phenolic OH excluding ortho intramolecular Hbond substituents is 1. The summed E-state index contributed by atoms with van der Waals surface area (Å²) in [4.78, 5) is 15.1. The van der Waals surface area contributed by atoms with E-state index in [4.69, 9.17) is 15.0 Å². The molecule has 8 aromatic rings. The second-order valence-electron chi connectivity index (χ2n) is 16.6. The van der Waals surface area contributed by atoms with E-state index in [1.807, 2.05) is 24.3 Å². The topological polar surface area (TPSA) is 58.9 Å². The van der Waals surface area contributed by atoms with Crippen LogP contribution in [0, 0.1) is 6.07 Å². The number of hydrogen-bond donors (Lipinski definition) is 1. The summed E-state index contributed by atoms with van der Waals surface area (Å²) in [6.07, 6.45) is 1.66. The molecule has 274 valence electrons. The summed E-state index contributed by atoms with van der Waals surface area (Å²) >= 11 is 0. The molecule has 9 rings (SSSR count). The minimum atomic E-state index is -0.853. The van der Waals surface area contributed by atoms with Crippen LogP contribution in [0.25, 0.3) is 55.3 Å². The first-order valence-electron chi connectivity index (χ1n) is 18.7. The summed E-state index contributed by atoms with van der Waals surface area (Å²) in [7, 11) is 0. The van der Waals surface area contributed by atoms with Crippen molar-refractivity contribution in [2.75, 3.05) is 0 Å². The van der Waals surface area contributed by atoms with E-state index in [0.29, 0.717) is 11.3 Å². The van der Waals surface area contributed by atoms with Gasteiger partial charge in [0.1, 0.15) is 12.1 Å². The van der Waals surface area contributed by atoms with E-state index >= 15 is 0 Å². The van der Waals surface area contributed by atoms with Crippen molar-refractivity contribution in [3.05, 3.63) is 179 Å². The fourth-order valence-corrected chi connectivity index (χ4v) is 8.30. The Morgan fingerprint density at radius 2 is 1.25 bits per heavy atom. The van der Waals surface area contributed by atoms with Crippen LogP contribution in [-0.4, -0.2) is 20.1 Å². The van der Waals surface area contributed by atoms with E-state index in [2.05, 4.69) is 151 Å². The van der Waals surface area contributed by atoms with Crippen molar-refractivity contribution in [3.8, 4) is 39.4 Å². The first-order valence-corrected chi connectivity index (χ1v) is 18.7. The first kappa shape index (κ1) is 36.5. The zero-order valence-electron chi connectivity index (χ0n) is 31.9. The molecule has 0 aliphatic heterocycles. The third-order valence-corrected chi connectivity index (χ3v) is 11.2. The smallest absolute Gasteiger partial charge is 0.124 e. The van der Waals surface area contributed by atoms with Gasteiger partial charge in [-0.2, -0.15) is 0 Å². The van der Waals surface area contributed by atoms with Gasteiger partial charge in [-0.1, -0.05) is 126 Å². The second-order valence-corrected chi connectivity index (χ2v) is 16.6. The first-order chi connectivity index (χ1) is 25.9. The zero-order valence-corrected chi connectivity index (χ0v) is 34.2. The molecule has 0 unspecified atom stereocenters. The van der Waals surface area contributed by atoms with Crippen molar-refractivity contribution >= 4 is 21.7 Å². The second kappa shape index (κ2) is 13.4. The van der Waals surface area contributed by atoms with Gasteiger partial charge in [0.25, 0.3) is 0 Å². The molecule has 1 N–H and O–H groups in total. The van der Waals surface area contributed by atoms with Crippen LogP contribution in [0.3, 0.4) is 0 Å². The standard InChI is InChI=1S/C50H42N3O.Pt/c1-48(2,3)33-22-24-37-38-25-23-34(49(4,5)6)29-41(38)50(40(37)28-33,45-20-12-18-42(53-45)39-17-9-10-19-44(39)54)35-15-11-14-32(27-35)47-46-36-16-8-7-13-31(36)21-26-43(46)51-30-52-47;/h7-26,28-30,54H,1-6H3;/q-1;. The number of nitrogens with zero attached hydrogens (tertiary/aromatic N) is 3. The van der Waals surface area contributed by atoms with Crippen molar-refractivity contribution < 1.29 is 26.2 Å². The van der Waals surface area contributed by atoms with E-state index in [1.165, 1.54) is 33.4 Å². The maximum Gasteiger partial charge on any atom is 0.124 e. The number of phenols is 1. The third-order valence-electron chi connectivity index (χ3n) is 11.2. The molecule has 6 aromatic carbocycles.